The summed E-state index contributed by atoms with van der Waals surface area (Å²) in [5, 5.41) is 15.4. The van der Waals surface area contributed by atoms with Crippen molar-refractivity contribution in [3.05, 3.63) is 16.4 Å². The predicted octanol–water partition coefficient (Wildman–Crippen LogP) is 1.25. The van der Waals surface area contributed by atoms with Gasteiger partial charge in [0.2, 0.25) is 0 Å². The van der Waals surface area contributed by atoms with Gasteiger partial charge in [0.1, 0.15) is 0 Å². The maximum absolute atomic E-state index is 10.4. The normalized spacial score (nSPS) is 19.8. The molecule has 1 atom stereocenters. The van der Waals surface area contributed by atoms with Crippen LogP contribution >= 0.6 is 11.6 Å². The van der Waals surface area contributed by atoms with Gasteiger partial charge in [0.15, 0.2) is 0 Å². The molecule has 16 heavy (non-hydrogen) atoms. The van der Waals surface area contributed by atoms with Crippen molar-refractivity contribution in [1.29, 1.82) is 0 Å². The second kappa shape index (κ2) is 4.02. The first-order valence-corrected chi connectivity index (χ1v) is 5.97. The highest BCUT2D eigenvalue weighted by Gasteiger charge is 2.43. The molecule has 1 unspecified atom stereocenters. The Bertz CT molecular complexity index is 400. The zero-order chi connectivity index (χ0) is 11.9. The highest BCUT2D eigenvalue weighted by atomic mass is 35.5. The molecule has 0 amide bonds. The molecular weight excluding hydrogens is 226 g/mol. The molecule has 1 heterocycles. The van der Waals surface area contributed by atoms with Crippen LogP contribution < -0.4 is 5.73 Å². The SMILES string of the molecule is Cc1nn(CC(O)(CN)C2CC2)c(C)c1Cl. The van der Waals surface area contributed by atoms with E-state index in [-0.39, 0.29) is 6.54 Å². The van der Waals surface area contributed by atoms with Crippen molar-refractivity contribution in [3.8, 4) is 0 Å². The molecule has 0 spiro atoms. The fourth-order valence-electron chi connectivity index (χ4n) is 2.07. The Hall–Kier alpha value is -0.580. The molecule has 1 aromatic rings. The van der Waals surface area contributed by atoms with E-state index in [1.165, 1.54) is 0 Å². The molecule has 0 radical (unpaired) electrons. The maximum Gasteiger partial charge on any atom is 0.0992 e. The van der Waals surface area contributed by atoms with Gasteiger partial charge >= 0.3 is 0 Å². The van der Waals surface area contributed by atoms with Crippen LogP contribution in [0, 0.1) is 19.8 Å². The molecule has 1 saturated carbocycles. The van der Waals surface area contributed by atoms with E-state index in [1.807, 2.05) is 13.8 Å². The number of nitrogens with two attached hydrogens (primary N) is 1. The van der Waals surface area contributed by atoms with E-state index in [2.05, 4.69) is 5.10 Å². The Morgan fingerprint density at radius 3 is 2.56 bits per heavy atom. The summed E-state index contributed by atoms with van der Waals surface area (Å²) < 4.78 is 1.77. The third-order valence-electron chi connectivity index (χ3n) is 3.41. The lowest BCUT2D eigenvalue weighted by Crippen LogP contribution is -2.44. The lowest BCUT2D eigenvalue weighted by Gasteiger charge is -2.26. The minimum Gasteiger partial charge on any atom is -0.386 e. The lowest BCUT2D eigenvalue weighted by atomic mass is 9.98. The van der Waals surface area contributed by atoms with E-state index in [0.29, 0.717) is 17.5 Å². The number of hydrogen-bond donors (Lipinski definition) is 2. The Kier molecular flexibility index (Phi) is 2.99. The minimum absolute atomic E-state index is 0.271. The molecule has 0 saturated heterocycles. The third kappa shape index (κ3) is 1.97. The van der Waals surface area contributed by atoms with Crippen molar-refractivity contribution in [2.75, 3.05) is 6.54 Å². The van der Waals surface area contributed by atoms with Gasteiger partial charge in [0, 0.05) is 6.54 Å². The molecule has 1 fully saturated rings. The van der Waals surface area contributed by atoms with E-state index in [1.54, 1.807) is 4.68 Å². The monoisotopic (exact) mass is 243 g/mol. The average molecular weight is 244 g/mol. The smallest absolute Gasteiger partial charge is 0.0992 e. The predicted molar refractivity (Wildman–Crippen MR) is 63.4 cm³/mol. The molecule has 1 aliphatic rings. The quantitative estimate of drug-likeness (QED) is 0.837. The van der Waals surface area contributed by atoms with Crippen LogP contribution in [0.5, 0.6) is 0 Å². The molecule has 5 heteroatoms. The maximum atomic E-state index is 10.4. The number of aromatic nitrogens is 2. The van der Waals surface area contributed by atoms with E-state index in [4.69, 9.17) is 17.3 Å². The molecule has 1 aliphatic carbocycles. The molecule has 1 aromatic heterocycles. The van der Waals surface area contributed by atoms with Crippen LogP contribution in [0.2, 0.25) is 5.02 Å². The summed E-state index contributed by atoms with van der Waals surface area (Å²) in [7, 11) is 0. The number of nitrogens with zero attached hydrogens (tertiary/aromatic N) is 2. The first-order chi connectivity index (χ1) is 7.48. The van der Waals surface area contributed by atoms with Crippen LogP contribution in [-0.4, -0.2) is 27.0 Å². The van der Waals surface area contributed by atoms with Crippen molar-refractivity contribution < 1.29 is 5.11 Å². The second-order valence-corrected chi connectivity index (χ2v) is 5.10. The summed E-state index contributed by atoms with van der Waals surface area (Å²) >= 11 is 6.07. The van der Waals surface area contributed by atoms with E-state index in [0.717, 1.165) is 24.2 Å². The lowest BCUT2D eigenvalue weighted by molar-refractivity contribution is 0.00567. The summed E-state index contributed by atoms with van der Waals surface area (Å²) in [6.45, 7) is 4.48. The first kappa shape index (κ1) is 11.9. The number of aryl methyl sites for hydroxylation is 1. The average Bonchev–Trinajstić information content (AvgIpc) is 3.06. The molecule has 2 rings (SSSR count). The standard InChI is InChI=1S/C11H18ClN3O/c1-7-10(12)8(2)15(14-7)6-11(16,5-13)9-3-4-9/h9,16H,3-6,13H2,1-2H3. The van der Waals surface area contributed by atoms with E-state index >= 15 is 0 Å². The molecule has 3 N–H and O–H groups in total. The Labute approximate surface area is 100 Å². The Balaban J connectivity index is 2.22. The highest BCUT2D eigenvalue weighted by Crippen LogP contribution is 2.40. The number of hydrogen-bond acceptors (Lipinski definition) is 3. The number of halogens is 1. The van der Waals surface area contributed by atoms with Crippen LogP contribution in [0.1, 0.15) is 24.2 Å². The molecule has 0 aliphatic heterocycles. The fraction of sp³-hybridized carbons (Fsp3) is 0.727. The zero-order valence-electron chi connectivity index (χ0n) is 9.70. The van der Waals surface area contributed by atoms with Crippen LogP contribution in [0.4, 0.5) is 0 Å². The molecule has 4 nitrogen and oxygen atoms in total. The van der Waals surface area contributed by atoms with Crippen LogP contribution in [0.3, 0.4) is 0 Å². The van der Waals surface area contributed by atoms with Gasteiger partial charge in [0.05, 0.1) is 28.6 Å². The van der Waals surface area contributed by atoms with Gasteiger partial charge in [-0.2, -0.15) is 5.10 Å². The third-order valence-corrected chi connectivity index (χ3v) is 3.95. The fourth-order valence-corrected chi connectivity index (χ4v) is 2.20. The van der Waals surface area contributed by atoms with Crippen LogP contribution in [0.15, 0.2) is 0 Å². The van der Waals surface area contributed by atoms with Crippen molar-refractivity contribution in [1.82, 2.24) is 9.78 Å². The van der Waals surface area contributed by atoms with Gasteiger partial charge in [-0.3, -0.25) is 4.68 Å². The van der Waals surface area contributed by atoms with Gasteiger partial charge in [0.25, 0.3) is 0 Å². The molecule has 0 aromatic carbocycles. The van der Waals surface area contributed by atoms with E-state index in [9.17, 15) is 5.11 Å². The van der Waals surface area contributed by atoms with Crippen molar-refractivity contribution >= 4 is 11.6 Å². The summed E-state index contributed by atoms with van der Waals surface area (Å²) in [5.74, 6) is 0.320. The van der Waals surface area contributed by atoms with Gasteiger partial charge in [-0.05, 0) is 32.6 Å². The van der Waals surface area contributed by atoms with Gasteiger partial charge in [-0.25, -0.2) is 0 Å². The van der Waals surface area contributed by atoms with Crippen LogP contribution in [0.25, 0.3) is 0 Å². The van der Waals surface area contributed by atoms with Crippen molar-refractivity contribution in [2.45, 2.75) is 38.8 Å². The van der Waals surface area contributed by atoms with Crippen molar-refractivity contribution in [3.63, 3.8) is 0 Å². The number of aliphatic hydroxyl groups is 1. The van der Waals surface area contributed by atoms with Gasteiger partial charge < -0.3 is 10.8 Å². The Morgan fingerprint density at radius 1 is 1.56 bits per heavy atom. The minimum atomic E-state index is -0.827. The van der Waals surface area contributed by atoms with Gasteiger partial charge in [-0.15, -0.1) is 0 Å². The Morgan fingerprint density at radius 2 is 2.19 bits per heavy atom. The summed E-state index contributed by atoms with van der Waals surface area (Å²) in [5.41, 5.74) is 6.54. The second-order valence-electron chi connectivity index (χ2n) is 4.72. The van der Waals surface area contributed by atoms with Crippen molar-refractivity contribution in [2.24, 2.45) is 11.7 Å². The molecular formula is C11H18ClN3O. The van der Waals surface area contributed by atoms with Crippen LogP contribution in [-0.2, 0) is 6.54 Å². The summed E-state index contributed by atoms with van der Waals surface area (Å²) in [4.78, 5) is 0. The topological polar surface area (TPSA) is 64.1 Å². The van der Waals surface area contributed by atoms with Gasteiger partial charge in [-0.1, -0.05) is 11.6 Å². The zero-order valence-corrected chi connectivity index (χ0v) is 10.5. The largest absolute Gasteiger partial charge is 0.386 e. The molecule has 0 bridgehead atoms. The number of rotatable bonds is 4. The first-order valence-electron chi connectivity index (χ1n) is 5.60. The highest BCUT2D eigenvalue weighted by molar-refractivity contribution is 6.31. The summed E-state index contributed by atoms with van der Waals surface area (Å²) in [6, 6.07) is 0. The summed E-state index contributed by atoms with van der Waals surface area (Å²) in [6.07, 6.45) is 2.11. The van der Waals surface area contributed by atoms with E-state index < -0.39 is 5.60 Å². The molecule has 90 valence electrons.